The van der Waals surface area contributed by atoms with Crippen molar-refractivity contribution in [2.24, 2.45) is 0 Å². The molecule has 0 aliphatic carbocycles. The molecule has 2 N–H and O–H groups in total. The van der Waals surface area contributed by atoms with Gasteiger partial charge in [0.25, 0.3) is 0 Å². The van der Waals surface area contributed by atoms with Gasteiger partial charge < -0.3 is 19.9 Å². The predicted octanol–water partition coefficient (Wildman–Crippen LogP) is 2.72. The topological polar surface area (TPSA) is 137 Å². The van der Waals surface area contributed by atoms with Gasteiger partial charge in [-0.2, -0.15) is 5.10 Å². The Kier molecular flexibility index (Phi) is 7.70. The molecule has 162 valence electrons. The van der Waals surface area contributed by atoms with E-state index in [0.717, 1.165) is 11.3 Å². The van der Waals surface area contributed by atoms with Crippen LogP contribution in [-0.2, 0) is 20.8 Å². The Morgan fingerprint density at radius 1 is 1.27 bits per heavy atom. The maximum absolute atomic E-state index is 12.5. The third-order valence-electron chi connectivity index (χ3n) is 3.89. The Balaban J connectivity index is 2.23. The maximum Gasteiger partial charge on any atom is 0.354 e. The molecule has 1 amide bonds. The number of aromatic nitrogens is 2. The molecule has 2 aromatic heterocycles. The van der Waals surface area contributed by atoms with Gasteiger partial charge in [-0.15, -0.1) is 11.3 Å². The first-order valence-corrected chi connectivity index (χ1v) is 10.0. The highest BCUT2D eigenvalue weighted by molar-refractivity contribution is 7.18. The van der Waals surface area contributed by atoms with Crippen molar-refractivity contribution in [3.63, 3.8) is 0 Å². The second-order valence-corrected chi connectivity index (χ2v) is 7.50. The minimum Gasteiger partial charge on any atom is -0.477 e. The third kappa shape index (κ3) is 5.44. The summed E-state index contributed by atoms with van der Waals surface area (Å²) in [4.78, 5) is 48.5. The number of aromatic carboxylic acids is 1. The zero-order chi connectivity index (χ0) is 22.4. The fourth-order valence-corrected chi connectivity index (χ4v) is 3.71. The first-order valence-electron chi connectivity index (χ1n) is 9.22. The van der Waals surface area contributed by atoms with E-state index in [4.69, 9.17) is 14.6 Å². The van der Waals surface area contributed by atoms with Gasteiger partial charge >= 0.3 is 17.9 Å². The van der Waals surface area contributed by atoms with Crippen molar-refractivity contribution < 1.29 is 33.8 Å². The van der Waals surface area contributed by atoms with Crippen molar-refractivity contribution in [3.05, 3.63) is 34.0 Å². The van der Waals surface area contributed by atoms with E-state index < -0.39 is 23.8 Å². The van der Waals surface area contributed by atoms with E-state index in [1.807, 2.05) is 0 Å². The summed E-state index contributed by atoms with van der Waals surface area (Å²) in [5.41, 5.74) is 0.413. The number of carboxylic acids is 1. The van der Waals surface area contributed by atoms with Crippen molar-refractivity contribution in [3.8, 4) is 0 Å². The lowest BCUT2D eigenvalue weighted by molar-refractivity contribution is -0.116. The first-order chi connectivity index (χ1) is 14.1. The van der Waals surface area contributed by atoms with Crippen LogP contribution in [0.5, 0.6) is 0 Å². The molecular formula is C19H23N3O7S. The lowest BCUT2D eigenvalue weighted by atomic mass is 10.1. The van der Waals surface area contributed by atoms with E-state index in [1.54, 1.807) is 27.7 Å². The van der Waals surface area contributed by atoms with Gasteiger partial charge in [0.1, 0.15) is 15.6 Å². The van der Waals surface area contributed by atoms with Gasteiger partial charge in [0.15, 0.2) is 0 Å². The number of carboxylic acid groups (broad SMARTS) is 1. The summed E-state index contributed by atoms with van der Waals surface area (Å²) in [7, 11) is 0. The number of amides is 1. The van der Waals surface area contributed by atoms with Crippen molar-refractivity contribution in [1.29, 1.82) is 0 Å². The van der Waals surface area contributed by atoms with Crippen LogP contribution in [0.3, 0.4) is 0 Å². The molecule has 0 fully saturated rings. The number of esters is 2. The lowest BCUT2D eigenvalue weighted by Gasteiger charge is -2.10. The Morgan fingerprint density at radius 2 is 1.97 bits per heavy atom. The molecule has 11 heteroatoms. The number of aryl methyl sites for hydroxylation is 1. The van der Waals surface area contributed by atoms with Crippen LogP contribution in [0.25, 0.3) is 0 Å². The van der Waals surface area contributed by atoms with Gasteiger partial charge in [-0.05, 0) is 39.3 Å². The molecule has 30 heavy (non-hydrogen) atoms. The molecule has 2 rings (SSSR count). The Labute approximate surface area is 176 Å². The summed E-state index contributed by atoms with van der Waals surface area (Å²) in [5, 5.41) is 15.8. The number of thiophene rings is 1. The van der Waals surface area contributed by atoms with E-state index in [1.165, 1.54) is 16.9 Å². The molecule has 0 saturated heterocycles. The fraction of sp³-hybridized carbons (Fsp3) is 0.421. The first kappa shape index (κ1) is 23.1. The van der Waals surface area contributed by atoms with Crippen molar-refractivity contribution in [2.75, 3.05) is 11.9 Å². The molecule has 0 saturated carbocycles. The summed E-state index contributed by atoms with van der Waals surface area (Å²) >= 11 is 0.925. The molecule has 0 unspecified atom stereocenters. The highest BCUT2D eigenvalue weighted by atomic mass is 32.1. The number of carbonyl (C=O) groups is 4. The van der Waals surface area contributed by atoms with Gasteiger partial charge in [-0.3, -0.25) is 9.48 Å². The van der Waals surface area contributed by atoms with Gasteiger partial charge in [0.2, 0.25) is 5.91 Å². The average molecular weight is 437 g/mol. The minimum atomic E-state index is -1.15. The van der Waals surface area contributed by atoms with Crippen LogP contribution in [0.15, 0.2) is 12.3 Å². The summed E-state index contributed by atoms with van der Waals surface area (Å²) in [5.74, 6) is -2.89. The van der Waals surface area contributed by atoms with E-state index in [0.29, 0.717) is 5.56 Å². The number of carbonyl (C=O) groups excluding carboxylic acids is 3. The third-order valence-corrected chi connectivity index (χ3v) is 5.08. The number of anilines is 1. The lowest BCUT2D eigenvalue weighted by Crippen LogP contribution is -2.19. The molecule has 0 spiro atoms. The van der Waals surface area contributed by atoms with Crippen LogP contribution < -0.4 is 5.32 Å². The zero-order valence-corrected chi connectivity index (χ0v) is 17.9. The molecule has 0 aliphatic heterocycles. The number of nitrogens with zero attached hydrogens (tertiary/aromatic N) is 2. The van der Waals surface area contributed by atoms with Gasteiger partial charge in [-0.25, -0.2) is 14.4 Å². The van der Waals surface area contributed by atoms with Gasteiger partial charge in [0.05, 0.1) is 24.8 Å². The SMILES string of the molecule is CCOC(=O)c1sc(NC(=O)CCn2nccc2C(=O)O)c(C(=O)OC(C)C)c1C. The molecule has 0 aliphatic rings. The maximum atomic E-state index is 12.5. The number of nitrogens with one attached hydrogen (secondary N) is 1. The highest BCUT2D eigenvalue weighted by Crippen LogP contribution is 2.34. The van der Waals surface area contributed by atoms with Gasteiger partial charge in [0, 0.05) is 12.6 Å². The molecule has 2 heterocycles. The second kappa shape index (κ2) is 10.0. The predicted molar refractivity (Wildman–Crippen MR) is 108 cm³/mol. The molecule has 0 aromatic carbocycles. The molecule has 2 aromatic rings. The quantitative estimate of drug-likeness (QED) is 0.571. The van der Waals surface area contributed by atoms with Crippen LogP contribution in [0, 0.1) is 6.92 Å². The molecule has 10 nitrogen and oxygen atoms in total. The minimum absolute atomic E-state index is 0.0291. The van der Waals surface area contributed by atoms with Crippen molar-refractivity contribution >= 4 is 40.2 Å². The number of hydrogen-bond acceptors (Lipinski definition) is 8. The summed E-state index contributed by atoms with van der Waals surface area (Å²) in [6, 6.07) is 1.33. The van der Waals surface area contributed by atoms with E-state index in [2.05, 4.69) is 10.4 Å². The number of rotatable bonds is 9. The van der Waals surface area contributed by atoms with E-state index >= 15 is 0 Å². The monoisotopic (exact) mass is 437 g/mol. The van der Waals surface area contributed by atoms with Crippen LogP contribution in [0.4, 0.5) is 5.00 Å². The summed E-state index contributed by atoms with van der Waals surface area (Å²) in [6.45, 7) is 6.82. The average Bonchev–Trinajstić information content (AvgIpc) is 3.24. The van der Waals surface area contributed by atoms with Crippen LogP contribution in [-0.4, -0.2) is 51.4 Å². The van der Waals surface area contributed by atoms with Gasteiger partial charge in [-0.1, -0.05) is 0 Å². The Morgan fingerprint density at radius 3 is 2.57 bits per heavy atom. The molecule has 0 bridgehead atoms. The fourth-order valence-electron chi connectivity index (χ4n) is 2.60. The zero-order valence-electron chi connectivity index (χ0n) is 17.1. The van der Waals surface area contributed by atoms with E-state index in [-0.39, 0.29) is 46.8 Å². The molecule has 0 atom stereocenters. The van der Waals surface area contributed by atoms with Crippen molar-refractivity contribution in [1.82, 2.24) is 9.78 Å². The normalized spacial score (nSPS) is 10.7. The molecule has 0 radical (unpaired) electrons. The van der Waals surface area contributed by atoms with Crippen LogP contribution >= 0.6 is 11.3 Å². The van der Waals surface area contributed by atoms with Crippen LogP contribution in [0.2, 0.25) is 0 Å². The Hall–Kier alpha value is -3.21. The number of hydrogen-bond donors (Lipinski definition) is 2. The largest absolute Gasteiger partial charge is 0.477 e. The highest BCUT2D eigenvalue weighted by Gasteiger charge is 2.28. The van der Waals surface area contributed by atoms with E-state index in [9.17, 15) is 19.2 Å². The summed E-state index contributed by atoms with van der Waals surface area (Å²) < 4.78 is 11.4. The summed E-state index contributed by atoms with van der Waals surface area (Å²) in [6.07, 6.45) is 0.850. The number of ether oxygens (including phenoxy) is 2. The van der Waals surface area contributed by atoms with Crippen molar-refractivity contribution in [2.45, 2.75) is 46.8 Å². The second-order valence-electron chi connectivity index (χ2n) is 6.48. The smallest absolute Gasteiger partial charge is 0.354 e. The standard InChI is InChI=1S/C19H23N3O7S/c1-5-28-19(27)15-11(4)14(18(26)29-10(2)3)16(30-15)21-13(23)7-9-22-12(17(24)25)6-8-20-22/h6,8,10H,5,7,9H2,1-4H3,(H,21,23)(H,24,25). The Bertz CT molecular complexity index is 961. The molecular weight excluding hydrogens is 414 g/mol. The van der Waals surface area contributed by atoms with Crippen LogP contribution in [0.1, 0.15) is 63.3 Å².